The van der Waals surface area contributed by atoms with Gasteiger partial charge in [0, 0.05) is 37.6 Å². The van der Waals surface area contributed by atoms with Gasteiger partial charge in [-0.05, 0) is 115 Å². The Morgan fingerprint density at radius 2 is 0.841 bits per heavy atom. The molecule has 11 aromatic carbocycles. The average molecular weight is 896 g/mol. The summed E-state index contributed by atoms with van der Waals surface area (Å²) in [5.74, 6) is 1.77. The van der Waals surface area contributed by atoms with Crippen molar-refractivity contribution < 1.29 is 4.74 Å². The number of ether oxygens (including phenoxy) is 1. The van der Waals surface area contributed by atoms with E-state index >= 15 is 0 Å². The van der Waals surface area contributed by atoms with E-state index in [0.717, 1.165) is 45.3 Å². The summed E-state index contributed by atoms with van der Waals surface area (Å²) in [6, 6.07) is 92.3. The third kappa shape index (κ3) is 5.12. The van der Waals surface area contributed by atoms with E-state index in [9.17, 15) is 0 Å². The molecule has 0 fully saturated rings. The first kappa shape index (κ1) is 38.7. The quantitative estimate of drug-likeness (QED) is 0.175. The lowest BCUT2D eigenvalue weighted by atomic mass is 9.66. The van der Waals surface area contributed by atoms with Crippen LogP contribution in [0.3, 0.4) is 0 Å². The zero-order chi connectivity index (χ0) is 45.3. The van der Waals surface area contributed by atoms with Gasteiger partial charge in [0.15, 0.2) is 0 Å². The molecule has 4 aliphatic rings. The number of para-hydroxylation sites is 3. The lowest BCUT2D eigenvalue weighted by Gasteiger charge is -2.40. The first-order valence-corrected chi connectivity index (χ1v) is 24.6. The van der Waals surface area contributed by atoms with Crippen molar-refractivity contribution in [2.24, 2.45) is 0 Å². The Balaban J connectivity index is 1.03. The number of rotatable bonds is 4. The number of anilines is 3. The van der Waals surface area contributed by atoms with Gasteiger partial charge >= 0.3 is 0 Å². The van der Waals surface area contributed by atoms with Gasteiger partial charge in [0.1, 0.15) is 11.5 Å². The highest BCUT2D eigenvalue weighted by molar-refractivity contribution is 7.99. The summed E-state index contributed by atoms with van der Waals surface area (Å²) in [6.45, 7) is 0. The Kier molecular flexibility index (Phi) is 8.17. The fourth-order valence-corrected chi connectivity index (χ4v) is 14.0. The molecular formula is C66H41NOS. The van der Waals surface area contributed by atoms with E-state index in [1.807, 2.05) is 11.8 Å². The van der Waals surface area contributed by atoms with Crippen LogP contribution in [-0.2, 0) is 10.8 Å². The largest absolute Gasteiger partial charge is 0.457 e. The van der Waals surface area contributed by atoms with Crippen molar-refractivity contribution in [2.45, 2.75) is 20.6 Å². The van der Waals surface area contributed by atoms with Gasteiger partial charge in [-0.25, -0.2) is 0 Å². The molecule has 11 aromatic rings. The second-order valence-corrected chi connectivity index (χ2v) is 19.7. The van der Waals surface area contributed by atoms with Crippen molar-refractivity contribution in [1.29, 1.82) is 0 Å². The number of fused-ring (bicyclic) bond motifs is 20. The van der Waals surface area contributed by atoms with E-state index in [2.05, 4.69) is 254 Å². The zero-order valence-electron chi connectivity index (χ0n) is 37.4. The average Bonchev–Trinajstić information content (AvgIpc) is 3.87. The molecule has 0 aromatic heterocycles. The predicted molar refractivity (Wildman–Crippen MR) is 283 cm³/mol. The van der Waals surface area contributed by atoms with Crippen LogP contribution in [0.1, 0.15) is 44.5 Å². The number of benzene rings is 11. The van der Waals surface area contributed by atoms with E-state index in [4.69, 9.17) is 4.74 Å². The molecule has 0 radical (unpaired) electrons. The minimum atomic E-state index is -0.611. The predicted octanol–water partition coefficient (Wildman–Crippen LogP) is 17.3. The van der Waals surface area contributed by atoms with Gasteiger partial charge in [-0.15, -0.1) is 0 Å². The van der Waals surface area contributed by atoms with Crippen LogP contribution in [0.2, 0.25) is 0 Å². The topological polar surface area (TPSA) is 12.5 Å². The molecule has 0 amide bonds. The first-order chi connectivity index (χ1) is 34.2. The molecule has 0 N–H and O–H groups in total. The molecule has 322 valence electrons. The summed E-state index contributed by atoms with van der Waals surface area (Å²) in [5, 5.41) is 2.43. The van der Waals surface area contributed by atoms with Gasteiger partial charge in [0.2, 0.25) is 0 Å². The van der Waals surface area contributed by atoms with Crippen molar-refractivity contribution in [3.8, 4) is 44.9 Å². The minimum Gasteiger partial charge on any atom is -0.457 e. The highest BCUT2D eigenvalue weighted by Crippen LogP contribution is 2.65. The number of hydrogen-bond donors (Lipinski definition) is 0. The second-order valence-electron chi connectivity index (χ2n) is 18.6. The minimum absolute atomic E-state index is 0.465. The van der Waals surface area contributed by atoms with Crippen LogP contribution in [0, 0.1) is 0 Å². The number of hydrogen-bond acceptors (Lipinski definition) is 3. The molecule has 2 nitrogen and oxygen atoms in total. The van der Waals surface area contributed by atoms with Crippen LogP contribution in [0.4, 0.5) is 17.1 Å². The molecule has 0 unspecified atom stereocenters. The fraction of sp³-hybridized carbons (Fsp3) is 0.0303. The molecule has 0 saturated carbocycles. The third-order valence-electron chi connectivity index (χ3n) is 15.4. The normalized spacial score (nSPS) is 14.4. The van der Waals surface area contributed by atoms with Gasteiger partial charge in [0.05, 0.1) is 22.2 Å². The van der Waals surface area contributed by atoms with Crippen molar-refractivity contribution in [3.63, 3.8) is 0 Å². The van der Waals surface area contributed by atoms with Gasteiger partial charge in [-0.1, -0.05) is 212 Å². The molecule has 2 aliphatic carbocycles. The maximum atomic E-state index is 6.75. The summed E-state index contributed by atoms with van der Waals surface area (Å²) in [5.41, 5.74) is 19.8. The van der Waals surface area contributed by atoms with Crippen LogP contribution < -0.4 is 9.64 Å². The third-order valence-corrected chi connectivity index (χ3v) is 16.6. The molecule has 15 rings (SSSR count). The SMILES string of the molecule is c1ccc(-c2ccccc2N(c2ccc3c(c2)C2(c4ccccc4Oc4ccccc42)c2ccccc2-3)c2cccc3c4c(ccc23)C2(c3ccccc3Sc3ccccc32)c2ccccc2-4)cc1. The first-order valence-electron chi connectivity index (χ1n) is 23.8. The lowest BCUT2D eigenvalue weighted by molar-refractivity contribution is 0.436. The van der Waals surface area contributed by atoms with Crippen LogP contribution in [-0.4, -0.2) is 0 Å². The summed E-state index contributed by atoms with van der Waals surface area (Å²) in [6.07, 6.45) is 0. The Morgan fingerprint density at radius 1 is 0.319 bits per heavy atom. The van der Waals surface area contributed by atoms with E-state index in [1.54, 1.807) is 0 Å². The Labute approximate surface area is 405 Å². The zero-order valence-corrected chi connectivity index (χ0v) is 38.3. The van der Waals surface area contributed by atoms with Crippen LogP contribution in [0.25, 0.3) is 44.2 Å². The summed E-state index contributed by atoms with van der Waals surface area (Å²) in [7, 11) is 0. The molecule has 0 bridgehead atoms. The van der Waals surface area contributed by atoms with Gasteiger partial charge in [0.25, 0.3) is 0 Å². The van der Waals surface area contributed by atoms with Crippen LogP contribution in [0.5, 0.6) is 11.5 Å². The molecule has 2 spiro atoms. The lowest BCUT2D eigenvalue weighted by Crippen LogP contribution is -2.32. The monoisotopic (exact) mass is 895 g/mol. The fourth-order valence-electron chi connectivity index (χ4n) is 12.8. The molecule has 0 saturated heterocycles. The van der Waals surface area contributed by atoms with E-state index in [0.29, 0.717) is 0 Å². The van der Waals surface area contributed by atoms with Gasteiger partial charge in [-0.3, -0.25) is 0 Å². The standard InChI is InChI=1S/C66H41NOS/c1-2-19-42(20-3-1)44-21-6-13-31-58(44)67(43-37-38-46-45-22-4-7-25-50(45)65(57(46)41-43)52-27-9-14-33-60(52)68-61-34-15-10-28-53(61)65)59-32-18-24-48-47(59)39-40-56-64(48)49-23-5-8-26-51(49)66(56)54-29-11-16-35-62(54)69-63-36-17-12-30-55(63)66/h1-41H. The van der Waals surface area contributed by atoms with Crippen LogP contribution >= 0.6 is 11.8 Å². The van der Waals surface area contributed by atoms with Crippen molar-refractivity contribution >= 4 is 39.6 Å². The summed E-state index contributed by atoms with van der Waals surface area (Å²) in [4.78, 5) is 5.15. The maximum Gasteiger partial charge on any atom is 0.132 e. The Hall–Kier alpha value is -8.37. The molecule has 0 atom stereocenters. The van der Waals surface area contributed by atoms with Gasteiger partial charge < -0.3 is 9.64 Å². The smallest absolute Gasteiger partial charge is 0.132 e. The summed E-state index contributed by atoms with van der Waals surface area (Å²) >= 11 is 1.89. The highest BCUT2D eigenvalue weighted by Gasteiger charge is 2.52. The molecule has 3 heteroatoms. The van der Waals surface area contributed by atoms with E-state index < -0.39 is 10.8 Å². The number of nitrogens with zero attached hydrogens (tertiary/aromatic N) is 1. The van der Waals surface area contributed by atoms with E-state index in [-0.39, 0.29) is 0 Å². The molecular weight excluding hydrogens is 855 g/mol. The van der Waals surface area contributed by atoms with Crippen LogP contribution in [0.15, 0.2) is 259 Å². The van der Waals surface area contributed by atoms with E-state index in [1.165, 1.54) is 81.8 Å². The summed E-state index contributed by atoms with van der Waals surface area (Å²) < 4.78 is 6.75. The second kappa shape index (κ2) is 14.6. The molecule has 2 aliphatic heterocycles. The van der Waals surface area contributed by atoms with Gasteiger partial charge in [-0.2, -0.15) is 0 Å². The van der Waals surface area contributed by atoms with Crippen molar-refractivity contribution in [3.05, 3.63) is 293 Å². The Morgan fingerprint density at radius 3 is 1.55 bits per heavy atom. The Bertz CT molecular complexity index is 3850. The van der Waals surface area contributed by atoms with Crippen molar-refractivity contribution in [2.75, 3.05) is 4.90 Å². The molecule has 2 heterocycles. The highest BCUT2D eigenvalue weighted by atomic mass is 32.2. The molecule has 69 heavy (non-hydrogen) atoms. The maximum absolute atomic E-state index is 6.75. The van der Waals surface area contributed by atoms with Crippen molar-refractivity contribution in [1.82, 2.24) is 0 Å².